The molecule has 3 aromatic heterocycles. The largest absolute Gasteiger partial charge is 0.497 e. The van der Waals surface area contributed by atoms with Crippen LogP contribution in [0.3, 0.4) is 0 Å². The Morgan fingerprint density at radius 3 is 2.41 bits per heavy atom. The summed E-state index contributed by atoms with van der Waals surface area (Å²) in [5.41, 5.74) is 3.84. The van der Waals surface area contributed by atoms with E-state index in [2.05, 4.69) is 25.3 Å². The fourth-order valence-electron chi connectivity index (χ4n) is 3.31. The van der Waals surface area contributed by atoms with Gasteiger partial charge in [-0.2, -0.15) is 4.68 Å². The number of aromatic nitrogens is 4. The number of aromatic amines is 1. The highest BCUT2D eigenvalue weighted by molar-refractivity contribution is 7.15. The third-order valence-corrected chi connectivity index (χ3v) is 7.03. The van der Waals surface area contributed by atoms with Gasteiger partial charge < -0.3 is 4.74 Å². The number of aryl methyl sites for hydroxylation is 2. The first kappa shape index (κ1) is 21.9. The molecule has 0 saturated heterocycles. The van der Waals surface area contributed by atoms with Gasteiger partial charge in [0.05, 0.1) is 24.2 Å². The molecular formula is C24H20N6O2S2. The summed E-state index contributed by atoms with van der Waals surface area (Å²) in [6, 6.07) is 17.2. The molecule has 5 aromatic rings. The van der Waals surface area contributed by atoms with Crippen LogP contribution in [0.2, 0.25) is 0 Å². The molecule has 0 bridgehead atoms. The van der Waals surface area contributed by atoms with Crippen molar-refractivity contribution in [3.8, 4) is 33.4 Å². The van der Waals surface area contributed by atoms with Gasteiger partial charge in [-0.1, -0.05) is 41.7 Å². The zero-order valence-corrected chi connectivity index (χ0v) is 20.3. The first-order valence-electron chi connectivity index (χ1n) is 10.4. The van der Waals surface area contributed by atoms with Crippen molar-refractivity contribution in [1.29, 1.82) is 0 Å². The van der Waals surface area contributed by atoms with Crippen LogP contribution in [0.4, 0.5) is 10.8 Å². The lowest BCUT2D eigenvalue weighted by Crippen LogP contribution is -2.13. The summed E-state index contributed by atoms with van der Waals surface area (Å²) in [7, 11) is 1.61. The molecule has 170 valence electrons. The van der Waals surface area contributed by atoms with Gasteiger partial charge in [0.1, 0.15) is 5.75 Å². The molecule has 10 heteroatoms. The van der Waals surface area contributed by atoms with Crippen molar-refractivity contribution >= 4 is 33.5 Å². The van der Waals surface area contributed by atoms with Crippen LogP contribution in [-0.4, -0.2) is 26.9 Å². The van der Waals surface area contributed by atoms with E-state index in [0.717, 1.165) is 33.1 Å². The number of hydrogen-bond acceptors (Lipinski definition) is 8. The Bertz CT molecular complexity index is 1510. The molecule has 0 fully saturated rings. The number of benzene rings is 2. The Hall–Kier alpha value is -3.89. The van der Waals surface area contributed by atoms with E-state index in [9.17, 15) is 4.79 Å². The molecule has 0 unspecified atom stereocenters. The summed E-state index contributed by atoms with van der Waals surface area (Å²) in [6.07, 6.45) is 0. The number of H-pyrrole nitrogens is 1. The van der Waals surface area contributed by atoms with Crippen molar-refractivity contribution in [2.24, 2.45) is 10.2 Å². The highest BCUT2D eigenvalue weighted by Gasteiger charge is 2.19. The molecule has 8 nitrogen and oxygen atoms in total. The normalized spacial score (nSPS) is 11.4. The zero-order valence-electron chi connectivity index (χ0n) is 18.6. The number of nitrogens with zero attached hydrogens (tertiary/aromatic N) is 5. The van der Waals surface area contributed by atoms with Crippen molar-refractivity contribution in [3.05, 3.63) is 80.9 Å². The number of thiazole rings is 2. The second-order valence-corrected chi connectivity index (χ2v) is 9.44. The summed E-state index contributed by atoms with van der Waals surface area (Å²) in [5.74, 6) is 0.717. The standard InChI is InChI=1S/C24H20N6O2S2/c1-14-15(2)34-23(25-14)28-27-21-20(17-9-11-18(32-3)12-10-17)29-30(22(21)31)24-26-19(13-33-24)16-7-5-4-6-8-16/h4-13,29H,1-3H3. The SMILES string of the molecule is COc1ccc(-c2[nH]n(-c3nc(-c4ccccc4)cs3)c(=O)c2N=Nc2nc(C)c(C)s2)cc1. The monoisotopic (exact) mass is 488 g/mol. The van der Waals surface area contributed by atoms with Crippen LogP contribution in [0.5, 0.6) is 5.75 Å². The third-order valence-electron chi connectivity index (χ3n) is 5.25. The van der Waals surface area contributed by atoms with Gasteiger partial charge in [-0.05, 0) is 38.1 Å². The van der Waals surface area contributed by atoms with Crippen molar-refractivity contribution in [2.45, 2.75) is 13.8 Å². The summed E-state index contributed by atoms with van der Waals surface area (Å²) < 4.78 is 6.67. The van der Waals surface area contributed by atoms with Gasteiger partial charge in [-0.15, -0.1) is 21.6 Å². The molecule has 0 aliphatic heterocycles. The Morgan fingerprint density at radius 1 is 0.971 bits per heavy atom. The number of hydrogen-bond donors (Lipinski definition) is 1. The van der Waals surface area contributed by atoms with Crippen LogP contribution in [0.15, 0.2) is 75.0 Å². The lowest BCUT2D eigenvalue weighted by Gasteiger charge is -2.02. The molecule has 0 atom stereocenters. The number of methoxy groups -OCH3 is 1. The minimum atomic E-state index is -0.339. The minimum absolute atomic E-state index is 0.187. The summed E-state index contributed by atoms with van der Waals surface area (Å²) in [6.45, 7) is 3.90. The number of azo groups is 1. The molecule has 0 saturated carbocycles. The van der Waals surface area contributed by atoms with Gasteiger partial charge in [0, 0.05) is 21.4 Å². The molecule has 5 rings (SSSR count). The van der Waals surface area contributed by atoms with Crippen LogP contribution < -0.4 is 10.3 Å². The van der Waals surface area contributed by atoms with Gasteiger partial charge in [0.25, 0.3) is 0 Å². The van der Waals surface area contributed by atoms with E-state index in [1.54, 1.807) is 7.11 Å². The van der Waals surface area contributed by atoms with E-state index < -0.39 is 0 Å². The van der Waals surface area contributed by atoms with E-state index in [4.69, 9.17) is 4.74 Å². The summed E-state index contributed by atoms with van der Waals surface area (Å²) in [5, 5.41) is 14.7. The van der Waals surface area contributed by atoms with Crippen molar-refractivity contribution in [2.75, 3.05) is 7.11 Å². The molecular weight excluding hydrogens is 468 g/mol. The quantitative estimate of drug-likeness (QED) is 0.278. The third kappa shape index (κ3) is 4.20. The van der Waals surface area contributed by atoms with Crippen LogP contribution >= 0.6 is 22.7 Å². The molecule has 0 amide bonds. The zero-order chi connectivity index (χ0) is 23.7. The second-order valence-electron chi connectivity index (χ2n) is 7.42. The maximum Gasteiger partial charge on any atom is 0.301 e. The molecule has 3 heterocycles. The molecule has 0 radical (unpaired) electrons. The predicted molar refractivity (Wildman–Crippen MR) is 135 cm³/mol. The number of nitrogens with one attached hydrogen (secondary N) is 1. The van der Waals surface area contributed by atoms with Gasteiger partial charge in [-0.25, -0.2) is 9.97 Å². The van der Waals surface area contributed by atoms with Crippen LogP contribution in [0.1, 0.15) is 10.6 Å². The minimum Gasteiger partial charge on any atom is -0.497 e. The number of rotatable bonds is 6. The first-order valence-corrected chi connectivity index (χ1v) is 12.1. The Labute approximate surface area is 203 Å². The lowest BCUT2D eigenvalue weighted by molar-refractivity contribution is 0.415. The van der Waals surface area contributed by atoms with Gasteiger partial charge in [0.15, 0.2) is 5.69 Å². The fourth-order valence-corrected chi connectivity index (χ4v) is 4.84. The van der Waals surface area contributed by atoms with E-state index >= 15 is 0 Å². The molecule has 0 aliphatic carbocycles. The average Bonchev–Trinajstić information content (AvgIpc) is 3.56. The molecule has 0 aliphatic rings. The van der Waals surface area contributed by atoms with Crippen molar-refractivity contribution in [1.82, 2.24) is 19.7 Å². The second kappa shape index (κ2) is 9.16. The first-order chi connectivity index (χ1) is 16.5. The van der Waals surface area contributed by atoms with Gasteiger partial charge in [0.2, 0.25) is 10.3 Å². The van der Waals surface area contributed by atoms with E-state index in [1.807, 2.05) is 73.8 Å². The Morgan fingerprint density at radius 2 is 1.74 bits per heavy atom. The smallest absolute Gasteiger partial charge is 0.301 e. The maximum absolute atomic E-state index is 13.4. The Balaban J connectivity index is 1.60. The fraction of sp³-hybridized carbons (Fsp3) is 0.125. The summed E-state index contributed by atoms with van der Waals surface area (Å²) in [4.78, 5) is 23.6. The topological polar surface area (TPSA) is 97.5 Å². The van der Waals surface area contributed by atoms with E-state index in [-0.39, 0.29) is 11.2 Å². The van der Waals surface area contributed by atoms with E-state index in [0.29, 0.717) is 16.0 Å². The van der Waals surface area contributed by atoms with Crippen molar-refractivity contribution in [3.63, 3.8) is 0 Å². The van der Waals surface area contributed by atoms with Crippen LogP contribution in [0, 0.1) is 13.8 Å². The van der Waals surface area contributed by atoms with E-state index in [1.165, 1.54) is 27.4 Å². The highest BCUT2D eigenvalue weighted by Crippen LogP contribution is 2.32. The molecule has 2 aromatic carbocycles. The molecule has 34 heavy (non-hydrogen) atoms. The number of ether oxygens (including phenoxy) is 1. The van der Waals surface area contributed by atoms with Crippen LogP contribution in [0.25, 0.3) is 27.6 Å². The summed E-state index contributed by atoms with van der Waals surface area (Å²) >= 11 is 2.81. The predicted octanol–water partition coefficient (Wildman–Crippen LogP) is 6.45. The van der Waals surface area contributed by atoms with Crippen LogP contribution in [-0.2, 0) is 0 Å². The van der Waals surface area contributed by atoms with Crippen molar-refractivity contribution < 1.29 is 4.74 Å². The molecule has 0 spiro atoms. The lowest BCUT2D eigenvalue weighted by atomic mass is 10.1. The highest BCUT2D eigenvalue weighted by atomic mass is 32.1. The van der Waals surface area contributed by atoms with Gasteiger partial charge in [-0.3, -0.25) is 9.89 Å². The molecule has 1 N–H and O–H groups in total. The maximum atomic E-state index is 13.4. The van der Waals surface area contributed by atoms with Gasteiger partial charge >= 0.3 is 5.56 Å². The Kier molecular flexibility index (Phi) is 5.91. The average molecular weight is 489 g/mol.